The highest BCUT2D eigenvalue weighted by atomic mass is 15.2. The van der Waals surface area contributed by atoms with Crippen LogP contribution in [0.4, 0.5) is 11.6 Å². The summed E-state index contributed by atoms with van der Waals surface area (Å²) in [7, 11) is 0. The lowest BCUT2D eigenvalue weighted by Gasteiger charge is -2.28. The molecule has 0 aliphatic carbocycles. The van der Waals surface area contributed by atoms with Gasteiger partial charge in [0.25, 0.3) is 0 Å². The number of fused-ring (bicyclic) bond motifs is 1. The van der Waals surface area contributed by atoms with E-state index in [-0.39, 0.29) is 5.92 Å². The van der Waals surface area contributed by atoms with E-state index < -0.39 is 0 Å². The van der Waals surface area contributed by atoms with Crippen LogP contribution in [0.15, 0.2) is 55.2 Å². The SMILES string of the molecule is CC(CNc1cc(-c2ccc(N3CCNCC3)nc2)ncn1)c1cccc2[nH]cnc12. The number of anilines is 2. The normalized spacial score (nSPS) is 15.2. The Morgan fingerprint density at radius 1 is 1.06 bits per heavy atom. The Bertz CT molecular complexity index is 1150. The largest absolute Gasteiger partial charge is 0.369 e. The van der Waals surface area contributed by atoms with E-state index in [2.05, 4.69) is 71.6 Å². The molecule has 0 radical (unpaired) electrons. The van der Waals surface area contributed by atoms with Gasteiger partial charge in [0.2, 0.25) is 0 Å². The van der Waals surface area contributed by atoms with Crippen LogP contribution in [0.25, 0.3) is 22.3 Å². The molecule has 31 heavy (non-hydrogen) atoms. The van der Waals surface area contributed by atoms with Gasteiger partial charge in [0.05, 0.1) is 23.1 Å². The molecule has 0 spiro atoms. The number of hydrogen-bond donors (Lipinski definition) is 3. The molecule has 3 N–H and O–H groups in total. The van der Waals surface area contributed by atoms with Crippen LogP contribution in [-0.4, -0.2) is 57.6 Å². The molecule has 1 atom stereocenters. The Balaban J connectivity index is 1.27. The quantitative estimate of drug-likeness (QED) is 0.446. The van der Waals surface area contributed by atoms with Crippen molar-refractivity contribution in [1.29, 1.82) is 0 Å². The van der Waals surface area contributed by atoms with E-state index in [1.165, 1.54) is 5.56 Å². The fraction of sp³-hybridized carbons (Fsp3) is 0.304. The van der Waals surface area contributed by atoms with Crippen molar-refractivity contribution in [3.63, 3.8) is 0 Å². The fourth-order valence-corrected chi connectivity index (χ4v) is 3.98. The number of rotatable bonds is 6. The smallest absolute Gasteiger partial charge is 0.129 e. The van der Waals surface area contributed by atoms with Gasteiger partial charge in [-0.1, -0.05) is 19.1 Å². The zero-order valence-corrected chi connectivity index (χ0v) is 17.5. The van der Waals surface area contributed by atoms with Crippen LogP contribution >= 0.6 is 0 Å². The highest BCUT2D eigenvalue weighted by Crippen LogP contribution is 2.24. The standard InChI is InChI=1S/C23H26N8/c1-16(18-3-2-4-19-23(18)30-15-27-19)12-25-21-11-20(28-14-29-21)17-5-6-22(26-13-17)31-9-7-24-8-10-31/h2-6,11,13-16,24H,7-10,12H2,1H3,(H,27,30)(H,25,28,29). The third kappa shape index (κ3) is 4.20. The number of benzene rings is 1. The summed E-state index contributed by atoms with van der Waals surface area (Å²) in [5.41, 5.74) is 5.15. The Kier molecular flexibility index (Phi) is 5.45. The first kappa shape index (κ1) is 19.4. The van der Waals surface area contributed by atoms with E-state index in [0.717, 1.165) is 66.7 Å². The minimum Gasteiger partial charge on any atom is -0.369 e. The summed E-state index contributed by atoms with van der Waals surface area (Å²) in [5, 5.41) is 6.82. The molecule has 1 fully saturated rings. The molecule has 0 saturated carbocycles. The van der Waals surface area contributed by atoms with Crippen molar-refractivity contribution in [1.82, 2.24) is 30.2 Å². The molecule has 4 aromatic rings. The number of para-hydroxylation sites is 1. The summed E-state index contributed by atoms with van der Waals surface area (Å²) in [6, 6.07) is 12.4. The maximum Gasteiger partial charge on any atom is 0.129 e. The molecule has 1 unspecified atom stereocenters. The lowest BCUT2D eigenvalue weighted by atomic mass is 9.99. The second-order valence-electron chi connectivity index (χ2n) is 7.86. The Hall–Kier alpha value is -3.52. The van der Waals surface area contributed by atoms with E-state index in [9.17, 15) is 0 Å². The molecule has 1 aromatic carbocycles. The van der Waals surface area contributed by atoms with Crippen LogP contribution in [0.2, 0.25) is 0 Å². The van der Waals surface area contributed by atoms with E-state index >= 15 is 0 Å². The minimum absolute atomic E-state index is 0.283. The molecule has 158 valence electrons. The number of aromatic nitrogens is 5. The van der Waals surface area contributed by atoms with Crippen LogP contribution in [0.5, 0.6) is 0 Å². The number of nitrogens with one attached hydrogen (secondary N) is 3. The summed E-state index contributed by atoms with van der Waals surface area (Å²) in [5.74, 6) is 2.10. The van der Waals surface area contributed by atoms with E-state index in [0.29, 0.717) is 0 Å². The molecule has 5 rings (SSSR count). The summed E-state index contributed by atoms with van der Waals surface area (Å²) < 4.78 is 0. The number of aromatic amines is 1. The summed E-state index contributed by atoms with van der Waals surface area (Å²) >= 11 is 0. The number of hydrogen-bond acceptors (Lipinski definition) is 7. The zero-order valence-electron chi connectivity index (χ0n) is 17.5. The molecule has 8 nitrogen and oxygen atoms in total. The number of nitrogens with zero attached hydrogens (tertiary/aromatic N) is 5. The average molecular weight is 415 g/mol. The highest BCUT2D eigenvalue weighted by Gasteiger charge is 2.13. The molecule has 0 amide bonds. The van der Waals surface area contributed by atoms with Gasteiger partial charge in [-0.2, -0.15) is 0 Å². The van der Waals surface area contributed by atoms with Crippen molar-refractivity contribution in [2.24, 2.45) is 0 Å². The van der Waals surface area contributed by atoms with Gasteiger partial charge in [-0.05, 0) is 23.8 Å². The van der Waals surface area contributed by atoms with Gasteiger partial charge in [-0.3, -0.25) is 0 Å². The van der Waals surface area contributed by atoms with Crippen molar-refractivity contribution < 1.29 is 0 Å². The van der Waals surface area contributed by atoms with Gasteiger partial charge in [0.1, 0.15) is 18.0 Å². The van der Waals surface area contributed by atoms with Crippen LogP contribution < -0.4 is 15.5 Å². The van der Waals surface area contributed by atoms with Gasteiger partial charge in [-0.15, -0.1) is 0 Å². The third-order valence-corrected chi connectivity index (χ3v) is 5.75. The zero-order chi connectivity index (χ0) is 21.0. The molecular formula is C23H26N8. The Morgan fingerprint density at radius 3 is 2.81 bits per heavy atom. The number of pyridine rings is 1. The first-order valence-electron chi connectivity index (χ1n) is 10.7. The third-order valence-electron chi connectivity index (χ3n) is 5.75. The molecule has 4 heterocycles. The lowest BCUT2D eigenvalue weighted by Crippen LogP contribution is -2.43. The lowest BCUT2D eigenvalue weighted by molar-refractivity contribution is 0.585. The first-order chi connectivity index (χ1) is 15.3. The number of imidazole rings is 1. The monoisotopic (exact) mass is 414 g/mol. The van der Waals surface area contributed by atoms with Crippen molar-refractivity contribution >= 4 is 22.7 Å². The molecule has 1 aliphatic rings. The molecule has 3 aromatic heterocycles. The van der Waals surface area contributed by atoms with E-state index in [1.54, 1.807) is 12.7 Å². The average Bonchev–Trinajstić information content (AvgIpc) is 3.32. The van der Waals surface area contributed by atoms with Gasteiger partial charge in [0.15, 0.2) is 0 Å². The minimum atomic E-state index is 0.283. The molecule has 8 heteroatoms. The summed E-state index contributed by atoms with van der Waals surface area (Å²) in [6.45, 7) is 6.91. The topological polar surface area (TPSA) is 94.6 Å². The van der Waals surface area contributed by atoms with Crippen LogP contribution in [0.1, 0.15) is 18.4 Å². The summed E-state index contributed by atoms with van der Waals surface area (Å²) in [4.78, 5) is 23.4. The fourth-order valence-electron chi connectivity index (χ4n) is 3.98. The maximum absolute atomic E-state index is 4.65. The van der Waals surface area contributed by atoms with Gasteiger partial charge in [0, 0.05) is 56.5 Å². The van der Waals surface area contributed by atoms with E-state index in [1.807, 2.05) is 18.3 Å². The van der Waals surface area contributed by atoms with Crippen molar-refractivity contribution in [2.75, 3.05) is 42.9 Å². The molecule has 0 bridgehead atoms. The first-order valence-corrected chi connectivity index (χ1v) is 10.7. The predicted molar refractivity (Wildman–Crippen MR) is 123 cm³/mol. The Morgan fingerprint density at radius 2 is 1.97 bits per heavy atom. The highest BCUT2D eigenvalue weighted by molar-refractivity contribution is 5.78. The van der Waals surface area contributed by atoms with Crippen molar-refractivity contribution in [2.45, 2.75) is 12.8 Å². The van der Waals surface area contributed by atoms with Crippen LogP contribution in [0.3, 0.4) is 0 Å². The van der Waals surface area contributed by atoms with Gasteiger partial charge < -0.3 is 20.5 Å². The van der Waals surface area contributed by atoms with Crippen LogP contribution in [-0.2, 0) is 0 Å². The number of piperazine rings is 1. The Labute approximate surface area is 181 Å². The van der Waals surface area contributed by atoms with Gasteiger partial charge >= 0.3 is 0 Å². The second kappa shape index (κ2) is 8.69. The molecule has 1 saturated heterocycles. The second-order valence-corrected chi connectivity index (χ2v) is 7.86. The van der Waals surface area contributed by atoms with Crippen molar-refractivity contribution in [3.8, 4) is 11.3 Å². The molecule has 1 aliphatic heterocycles. The maximum atomic E-state index is 4.65. The number of H-pyrrole nitrogens is 1. The van der Waals surface area contributed by atoms with Gasteiger partial charge in [-0.25, -0.2) is 19.9 Å². The molecular weight excluding hydrogens is 388 g/mol. The van der Waals surface area contributed by atoms with E-state index in [4.69, 9.17) is 0 Å². The summed E-state index contributed by atoms with van der Waals surface area (Å²) in [6.07, 6.45) is 5.23. The van der Waals surface area contributed by atoms with Crippen molar-refractivity contribution in [3.05, 3.63) is 60.8 Å². The van der Waals surface area contributed by atoms with Crippen LogP contribution in [0, 0.1) is 0 Å². The predicted octanol–water partition coefficient (Wildman–Crippen LogP) is 3.04.